The SMILES string of the molecule is COC(=O)[C@H]1CN(C(=O)c2ccc3c(c2)C[C@@H](C)N3S(=O)(=O)c2ccccc2)c2ccccc2O1. The normalized spacial score (nSPS) is 18.9. The summed E-state index contributed by atoms with van der Waals surface area (Å²) in [5, 5.41) is 0. The van der Waals surface area contributed by atoms with Crippen LogP contribution < -0.4 is 13.9 Å². The number of hydrogen-bond donors (Lipinski definition) is 0. The summed E-state index contributed by atoms with van der Waals surface area (Å²) in [4.78, 5) is 27.5. The first-order valence-electron chi connectivity index (χ1n) is 11.2. The van der Waals surface area contributed by atoms with Gasteiger partial charge in [0.15, 0.2) is 0 Å². The Hall–Kier alpha value is -3.85. The summed E-state index contributed by atoms with van der Waals surface area (Å²) in [7, 11) is -2.47. The number of benzene rings is 3. The first-order valence-corrected chi connectivity index (χ1v) is 12.6. The molecule has 0 bridgehead atoms. The van der Waals surface area contributed by atoms with Crippen molar-refractivity contribution in [2.45, 2.75) is 30.4 Å². The molecular weight excluding hydrogens is 468 g/mol. The van der Waals surface area contributed by atoms with Crippen LogP contribution >= 0.6 is 0 Å². The number of fused-ring (bicyclic) bond motifs is 2. The van der Waals surface area contributed by atoms with Crippen molar-refractivity contribution < 1.29 is 27.5 Å². The smallest absolute Gasteiger partial charge is 0.348 e. The molecule has 0 unspecified atom stereocenters. The Balaban J connectivity index is 1.49. The summed E-state index contributed by atoms with van der Waals surface area (Å²) in [6, 6.07) is 20.0. The van der Waals surface area contributed by atoms with E-state index in [9.17, 15) is 18.0 Å². The number of para-hydroxylation sites is 2. The average molecular weight is 493 g/mol. The minimum atomic E-state index is -3.74. The van der Waals surface area contributed by atoms with Gasteiger partial charge in [0.2, 0.25) is 6.10 Å². The van der Waals surface area contributed by atoms with Crippen LogP contribution in [0, 0.1) is 0 Å². The predicted octanol–water partition coefficient (Wildman–Crippen LogP) is 3.41. The fourth-order valence-electron chi connectivity index (χ4n) is 4.64. The molecule has 0 saturated heterocycles. The maximum Gasteiger partial charge on any atom is 0.348 e. The van der Waals surface area contributed by atoms with E-state index in [4.69, 9.17) is 9.47 Å². The number of carbonyl (C=O) groups excluding carboxylic acids is 2. The zero-order chi connectivity index (χ0) is 24.7. The molecule has 3 aromatic rings. The van der Waals surface area contributed by atoms with Crippen LogP contribution in [0.3, 0.4) is 0 Å². The van der Waals surface area contributed by atoms with Crippen molar-refractivity contribution in [2.75, 3.05) is 22.9 Å². The molecule has 2 aliphatic rings. The molecule has 1 amide bonds. The van der Waals surface area contributed by atoms with Gasteiger partial charge in [-0.25, -0.2) is 13.2 Å². The van der Waals surface area contributed by atoms with Crippen molar-refractivity contribution in [3.05, 3.63) is 83.9 Å². The lowest BCUT2D eigenvalue weighted by Gasteiger charge is -2.33. The van der Waals surface area contributed by atoms with Gasteiger partial charge < -0.3 is 14.4 Å². The van der Waals surface area contributed by atoms with Crippen molar-refractivity contribution >= 4 is 33.3 Å². The van der Waals surface area contributed by atoms with Gasteiger partial charge in [0.1, 0.15) is 5.75 Å². The monoisotopic (exact) mass is 492 g/mol. The second kappa shape index (κ2) is 8.74. The summed E-state index contributed by atoms with van der Waals surface area (Å²) in [5.74, 6) is -0.464. The molecule has 0 aromatic heterocycles. The molecule has 2 atom stereocenters. The molecule has 8 nitrogen and oxygen atoms in total. The van der Waals surface area contributed by atoms with E-state index in [0.717, 1.165) is 5.56 Å². The molecule has 0 spiro atoms. The third-order valence-electron chi connectivity index (χ3n) is 6.26. The molecule has 0 fully saturated rings. The van der Waals surface area contributed by atoms with Gasteiger partial charge in [-0.3, -0.25) is 9.10 Å². The number of nitrogens with zero attached hydrogens (tertiary/aromatic N) is 2. The molecule has 0 aliphatic carbocycles. The molecule has 0 saturated carbocycles. The summed E-state index contributed by atoms with van der Waals surface area (Å²) in [5.41, 5.74) is 2.29. The Morgan fingerprint density at radius 1 is 0.971 bits per heavy atom. The van der Waals surface area contributed by atoms with Gasteiger partial charge in [-0.2, -0.15) is 0 Å². The molecule has 2 aliphatic heterocycles. The van der Waals surface area contributed by atoms with Gasteiger partial charge in [-0.1, -0.05) is 30.3 Å². The van der Waals surface area contributed by atoms with E-state index < -0.39 is 22.1 Å². The topological polar surface area (TPSA) is 93.2 Å². The highest BCUT2D eigenvalue weighted by Crippen LogP contribution is 2.39. The Morgan fingerprint density at radius 3 is 2.43 bits per heavy atom. The van der Waals surface area contributed by atoms with Crippen LogP contribution in [0.1, 0.15) is 22.8 Å². The van der Waals surface area contributed by atoms with Crippen molar-refractivity contribution in [2.24, 2.45) is 0 Å². The van der Waals surface area contributed by atoms with E-state index in [1.54, 1.807) is 72.8 Å². The zero-order valence-electron chi connectivity index (χ0n) is 19.2. The minimum absolute atomic E-state index is 0.00448. The fourth-order valence-corrected chi connectivity index (χ4v) is 6.36. The van der Waals surface area contributed by atoms with Crippen LogP contribution in [0.15, 0.2) is 77.7 Å². The maximum atomic E-state index is 13.6. The molecular formula is C26H24N2O6S. The fraction of sp³-hybridized carbons (Fsp3) is 0.231. The predicted molar refractivity (Wildman–Crippen MR) is 130 cm³/mol. The highest BCUT2D eigenvalue weighted by Gasteiger charge is 2.38. The Morgan fingerprint density at radius 2 is 1.69 bits per heavy atom. The Labute approximate surface area is 203 Å². The number of rotatable bonds is 4. The number of ether oxygens (including phenoxy) is 2. The summed E-state index contributed by atoms with van der Waals surface area (Å²) < 4.78 is 38.7. The van der Waals surface area contributed by atoms with E-state index in [1.807, 2.05) is 6.92 Å². The third kappa shape index (κ3) is 3.91. The summed E-state index contributed by atoms with van der Waals surface area (Å²) >= 11 is 0. The highest BCUT2D eigenvalue weighted by atomic mass is 32.2. The number of anilines is 2. The lowest BCUT2D eigenvalue weighted by molar-refractivity contribution is -0.148. The molecule has 0 radical (unpaired) electrons. The van der Waals surface area contributed by atoms with Crippen molar-refractivity contribution in [3.8, 4) is 5.75 Å². The van der Waals surface area contributed by atoms with E-state index in [-0.39, 0.29) is 23.4 Å². The second-order valence-corrected chi connectivity index (χ2v) is 10.3. The zero-order valence-corrected chi connectivity index (χ0v) is 20.1. The van der Waals surface area contributed by atoms with Crippen LogP contribution in [-0.2, 0) is 26.0 Å². The first kappa shape index (κ1) is 22.9. The van der Waals surface area contributed by atoms with Gasteiger partial charge >= 0.3 is 5.97 Å². The van der Waals surface area contributed by atoms with Crippen LogP contribution in [0.2, 0.25) is 0 Å². The van der Waals surface area contributed by atoms with Crippen LogP contribution in [-0.4, -0.2) is 46.1 Å². The first-order chi connectivity index (χ1) is 16.8. The molecule has 0 N–H and O–H groups in total. The number of amides is 1. The lowest BCUT2D eigenvalue weighted by Crippen LogP contribution is -2.47. The molecule has 3 aromatic carbocycles. The number of hydrogen-bond acceptors (Lipinski definition) is 6. The maximum absolute atomic E-state index is 13.6. The Kier molecular flexibility index (Phi) is 5.72. The number of carbonyl (C=O) groups is 2. The van der Waals surface area contributed by atoms with E-state index in [0.29, 0.717) is 29.1 Å². The summed E-state index contributed by atoms with van der Waals surface area (Å²) in [6.45, 7) is 1.85. The van der Waals surface area contributed by atoms with Gasteiger partial charge in [-0.05, 0) is 61.4 Å². The molecule has 2 heterocycles. The van der Waals surface area contributed by atoms with Gasteiger partial charge in [-0.15, -0.1) is 0 Å². The van der Waals surface area contributed by atoms with Gasteiger partial charge in [0.05, 0.1) is 29.9 Å². The van der Waals surface area contributed by atoms with E-state index in [2.05, 4.69) is 0 Å². The highest BCUT2D eigenvalue weighted by molar-refractivity contribution is 7.92. The largest absolute Gasteiger partial charge is 0.475 e. The number of esters is 1. The lowest BCUT2D eigenvalue weighted by atomic mass is 10.0. The molecule has 5 rings (SSSR count). The molecule has 9 heteroatoms. The minimum Gasteiger partial charge on any atom is -0.475 e. The van der Waals surface area contributed by atoms with Gasteiger partial charge in [0.25, 0.3) is 15.9 Å². The van der Waals surface area contributed by atoms with Crippen LogP contribution in [0.4, 0.5) is 11.4 Å². The van der Waals surface area contributed by atoms with Crippen LogP contribution in [0.5, 0.6) is 5.75 Å². The van der Waals surface area contributed by atoms with E-state index >= 15 is 0 Å². The van der Waals surface area contributed by atoms with Crippen LogP contribution in [0.25, 0.3) is 0 Å². The number of methoxy groups -OCH3 is 1. The molecule has 35 heavy (non-hydrogen) atoms. The number of sulfonamides is 1. The van der Waals surface area contributed by atoms with Crippen molar-refractivity contribution in [1.29, 1.82) is 0 Å². The van der Waals surface area contributed by atoms with Gasteiger partial charge in [0, 0.05) is 11.6 Å². The van der Waals surface area contributed by atoms with Crippen molar-refractivity contribution in [3.63, 3.8) is 0 Å². The quantitative estimate of drug-likeness (QED) is 0.519. The van der Waals surface area contributed by atoms with E-state index in [1.165, 1.54) is 16.3 Å². The summed E-state index contributed by atoms with van der Waals surface area (Å²) in [6.07, 6.45) is -0.465. The third-order valence-corrected chi connectivity index (χ3v) is 8.20. The van der Waals surface area contributed by atoms with Crippen molar-refractivity contribution in [1.82, 2.24) is 0 Å². The molecule has 180 valence electrons. The standard InChI is InChI=1S/C26H24N2O6S/c1-17-14-19-15-18(12-13-21(19)28(17)35(31,32)20-8-4-3-5-9-20)25(29)27-16-24(26(30)33-2)34-23-11-7-6-10-22(23)27/h3-13,15,17,24H,14,16H2,1-2H3/t17-,24-/m1/s1. The average Bonchev–Trinajstić information content (AvgIpc) is 3.23. The Bertz CT molecular complexity index is 1410. The second-order valence-electron chi connectivity index (χ2n) is 8.52.